The maximum atomic E-state index is 10.5. The molecule has 1 heterocycles. The monoisotopic (exact) mass is 346 g/mol. The lowest BCUT2D eigenvalue weighted by molar-refractivity contribution is 0.179. The minimum atomic E-state index is -0.459. The Labute approximate surface area is 131 Å². The molecule has 0 radical (unpaired) electrons. The lowest BCUT2D eigenvalue weighted by atomic mass is 10.00. The van der Waals surface area contributed by atoms with Crippen LogP contribution >= 0.6 is 27.3 Å². The number of rotatable bonds is 3. The lowest BCUT2D eigenvalue weighted by Gasteiger charge is -2.12. The summed E-state index contributed by atoms with van der Waals surface area (Å²) in [5.74, 6) is 0. The highest BCUT2D eigenvalue weighted by molar-refractivity contribution is 9.10. The number of hydrogen-bond acceptors (Lipinski definition) is 2. The standard InChI is InChI=1S/C17H15BrOS/c1-11-8-12(6-7-15(11)18)16(19)9-13-10-20-17-5-3-2-4-14(13)17/h2-8,10,16,19H,9H2,1H3. The molecule has 1 aromatic heterocycles. The van der Waals surface area contributed by atoms with Crippen molar-refractivity contribution in [3.05, 3.63) is 69.0 Å². The van der Waals surface area contributed by atoms with E-state index in [9.17, 15) is 5.11 Å². The number of thiophene rings is 1. The van der Waals surface area contributed by atoms with Crippen LogP contribution in [0.1, 0.15) is 22.8 Å². The van der Waals surface area contributed by atoms with Crippen LogP contribution in [0, 0.1) is 6.92 Å². The molecule has 0 saturated heterocycles. The first-order valence-corrected chi connectivity index (χ1v) is 8.21. The largest absolute Gasteiger partial charge is 0.388 e. The van der Waals surface area contributed by atoms with Gasteiger partial charge in [-0.15, -0.1) is 11.3 Å². The molecular weight excluding hydrogens is 332 g/mol. The molecular formula is C17H15BrOS. The molecule has 2 aromatic carbocycles. The van der Waals surface area contributed by atoms with Crippen molar-refractivity contribution >= 4 is 37.4 Å². The Morgan fingerprint density at radius 3 is 2.80 bits per heavy atom. The fraction of sp³-hybridized carbons (Fsp3) is 0.176. The summed E-state index contributed by atoms with van der Waals surface area (Å²) in [5.41, 5.74) is 3.34. The zero-order chi connectivity index (χ0) is 14.1. The molecule has 1 nitrogen and oxygen atoms in total. The minimum Gasteiger partial charge on any atom is -0.388 e. The number of halogens is 1. The summed E-state index contributed by atoms with van der Waals surface area (Å²) in [6.45, 7) is 2.04. The molecule has 102 valence electrons. The highest BCUT2D eigenvalue weighted by atomic mass is 79.9. The molecule has 3 heteroatoms. The summed E-state index contributed by atoms with van der Waals surface area (Å²) in [6.07, 6.45) is 0.199. The van der Waals surface area contributed by atoms with Crippen LogP contribution < -0.4 is 0 Å². The van der Waals surface area contributed by atoms with Crippen LogP contribution in [-0.2, 0) is 6.42 Å². The lowest BCUT2D eigenvalue weighted by Crippen LogP contribution is -2.01. The molecule has 1 unspecified atom stereocenters. The van der Waals surface area contributed by atoms with Gasteiger partial charge in [-0.25, -0.2) is 0 Å². The first-order valence-electron chi connectivity index (χ1n) is 6.54. The van der Waals surface area contributed by atoms with Crippen molar-refractivity contribution in [1.82, 2.24) is 0 Å². The van der Waals surface area contributed by atoms with Gasteiger partial charge in [0.15, 0.2) is 0 Å². The van der Waals surface area contributed by atoms with Crippen molar-refractivity contribution in [2.45, 2.75) is 19.4 Å². The number of aryl methyl sites for hydroxylation is 1. The van der Waals surface area contributed by atoms with Crippen LogP contribution in [0.5, 0.6) is 0 Å². The number of fused-ring (bicyclic) bond motifs is 1. The molecule has 0 saturated carbocycles. The maximum absolute atomic E-state index is 10.5. The van der Waals surface area contributed by atoms with Crippen LogP contribution in [0.2, 0.25) is 0 Å². The highest BCUT2D eigenvalue weighted by Gasteiger charge is 2.12. The van der Waals surface area contributed by atoms with Crippen molar-refractivity contribution in [1.29, 1.82) is 0 Å². The van der Waals surface area contributed by atoms with E-state index in [2.05, 4.69) is 45.6 Å². The second kappa shape index (κ2) is 5.68. The first-order chi connectivity index (χ1) is 9.65. The summed E-state index contributed by atoms with van der Waals surface area (Å²) in [5, 5.41) is 13.9. The summed E-state index contributed by atoms with van der Waals surface area (Å²) >= 11 is 5.23. The van der Waals surface area contributed by atoms with Crippen molar-refractivity contribution in [3.8, 4) is 0 Å². The van der Waals surface area contributed by atoms with Gasteiger partial charge in [-0.2, -0.15) is 0 Å². The number of benzene rings is 2. The van der Waals surface area contributed by atoms with Gasteiger partial charge in [0, 0.05) is 15.6 Å². The van der Waals surface area contributed by atoms with Crippen molar-refractivity contribution in [3.63, 3.8) is 0 Å². The molecule has 0 bridgehead atoms. The van der Waals surface area contributed by atoms with E-state index in [1.165, 1.54) is 15.6 Å². The first kappa shape index (κ1) is 13.8. The Balaban J connectivity index is 1.88. The van der Waals surface area contributed by atoms with E-state index >= 15 is 0 Å². The summed E-state index contributed by atoms with van der Waals surface area (Å²) in [4.78, 5) is 0. The number of hydrogen-bond donors (Lipinski definition) is 1. The van der Waals surface area contributed by atoms with E-state index in [4.69, 9.17) is 0 Å². The molecule has 3 rings (SSSR count). The third-order valence-corrected chi connectivity index (χ3v) is 5.44. The van der Waals surface area contributed by atoms with Crippen LogP contribution in [0.4, 0.5) is 0 Å². The molecule has 0 spiro atoms. The van der Waals surface area contributed by atoms with Gasteiger partial charge in [0.1, 0.15) is 0 Å². The maximum Gasteiger partial charge on any atom is 0.0831 e. The normalized spacial score (nSPS) is 12.8. The topological polar surface area (TPSA) is 20.2 Å². The van der Waals surface area contributed by atoms with Gasteiger partial charge >= 0.3 is 0 Å². The molecule has 0 aliphatic carbocycles. The van der Waals surface area contributed by atoms with Crippen LogP contribution in [0.15, 0.2) is 52.3 Å². The molecule has 0 fully saturated rings. The number of aliphatic hydroxyl groups excluding tert-OH is 1. The van der Waals surface area contributed by atoms with E-state index in [0.29, 0.717) is 6.42 Å². The third kappa shape index (κ3) is 2.66. The second-order valence-electron chi connectivity index (χ2n) is 4.99. The van der Waals surface area contributed by atoms with E-state index in [1.54, 1.807) is 11.3 Å². The van der Waals surface area contributed by atoms with E-state index in [0.717, 1.165) is 15.6 Å². The van der Waals surface area contributed by atoms with Gasteiger partial charge in [-0.05, 0) is 46.5 Å². The van der Waals surface area contributed by atoms with Gasteiger partial charge in [-0.1, -0.05) is 46.3 Å². The van der Waals surface area contributed by atoms with Crippen LogP contribution in [-0.4, -0.2) is 5.11 Å². The third-order valence-electron chi connectivity index (χ3n) is 3.54. The van der Waals surface area contributed by atoms with E-state index in [-0.39, 0.29) is 0 Å². The Bertz CT molecular complexity index is 748. The average molecular weight is 347 g/mol. The molecule has 20 heavy (non-hydrogen) atoms. The molecule has 3 aromatic rings. The van der Waals surface area contributed by atoms with Crippen molar-refractivity contribution in [2.24, 2.45) is 0 Å². The molecule has 1 N–H and O–H groups in total. The summed E-state index contributed by atoms with van der Waals surface area (Å²) in [7, 11) is 0. The zero-order valence-corrected chi connectivity index (χ0v) is 13.5. The van der Waals surface area contributed by atoms with Crippen LogP contribution in [0.25, 0.3) is 10.1 Å². The predicted molar refractivity (Wildman–Crippen MR) is 89.4 cm³/mol. The number of aliphatic hydroxyl groups is 1. The summed E-state index contributed by atoms with van der Waals surface area (Å²) < 4.78 is 2.36. The fourth-order valence-electron chi connectivity index (χ4n) is 2.39. The minimum absolute atomic E-state index is 0.459. The Hall–Kier alpha value is -1.16. The Morgan fingerprint density at radius 1 is 1.20 bits per heavy atom. The van der Waals surface area contributed by atoms with Gasteiger partial charge in [0.05, 0.1) is 6.10 Å². The second-order valence-corrected chi connectivity index (χ2v) is 6.75. The highest BCUT2D eigenvalue weighted by Crippen LogP contribution is 2.30. The summed E-state index contributed by atoms with van der Waals surface area (Å²) in [6, 6.07) is 14.4. The van der Waals surface area contributed by atoms with E-state index in [1.807, 2.05) is 25.1 Å². The molecule has 1 atom stereocenters. The predicted octanol–water partition coefficient (Wildman–Crippen LogP) is 5.25. The molecule has 0 aliphatic rings. The Kier molecular flexibility index (Phi) is 3.92. The fourth-order valence-corrected chi connectivity index (χ4v) is 3.61. The molecule has 0 aliphatic heterocycles. The Morgan fingerprint density at radius 2 is 2.00 bits per heavy atom. The van der Waals surface area contributed by atoms with E-state index < -0.39 is 6.10 Å². The van der Waals surface area contributed by atoms with Crippen LogP contribution in [0.3, 0.4) is 0 Å². The quantitative estimate of drug-likeness (QED) is 0.686. The van der Waals surface area contributed by atoms with Gasteiger partial charge in [-0.3, -0.25) is 0 Å². The average Bonchev–Trinajstić information content (AvgIpc) is 2.85. The van der Waals surface area contributed by atoms with Gasteiger partial charge in [0.2, 0.25) is 0 Å². The SMILES string of the molecule is Cc1cc(C(O)Cc2csc3ccccc23)ccc1Br. The van der Waals surface area contributed by atoms with Gasteiger partial charge < -0.3 is 5.11 Å². The van der Waals surface area contributed by atoms with Gasteiger partial charge in [0.25, 0.3) is 0 Å². The smallest absolute Gasteiger partial charge is 0.0831 e. The molecule has 0 amide bonds. The van der Waals surface area contributed by atoms with Crippen molar-refractivity contribution in [2.75, 3.05) is 0 Å². The van der Waals surface area contributed by atoms with Crippen molar-refractivity contribution < 1.29 is 5.11 Å². The zero-order valence-electron chi connectivity index (χ0n) is 11.1.